The average molecular weight is 280 g/mol. The molecule has 1 fully saturated rings. The first-order valence-electron chi connectivity index (χ1n) is 6.20. The molecule has 1 heterocycles. The molecule has 102 valence electrons. The molecule has 2 atom stereocenters. The molecular formula is C11H24N2O2S2. The Morgan fingerprint density at radius 1 is 1.53 bits per heavy atom. The Labute approximate surface area is 109 Å². The second kappa shape index (κ2) is 6.97. The molecular weight excluding hydrogens is 256 g/mol. The molecule has 0 aliphatic carbocycles. The van der Waals surface area contributed by atoms with Gasteiger partial charge in [-0.15, -0.1) is 0 Å². The highest BCUT2D eigenvalue weighted by Gasteiger charge is 2.33. The second-order valence-electron chi connectivity index (χ2n) is 4.59. The van der Waals surface area contributed by atoms with E-state index in [2.05, 4.69) is 24.1 Å². The zero-order valence-electron chi connectivity index (χ0n) is 11.0. The topological polar surface area (TPSA) is 49.4 Å². The van der Waals surface area contributed by atoms with Gasteiger partial charge in [-0.05, 0) is 26.4 Å². The molecule has 0 radical (unpaired) electrons. The van der Waals surface area contributed by atoms with Crippen molar-refractivity contribution < 1.29 is 8.42 Å². The lowest BCUT2D eigenvalue weighted by Crippen LogP contribution is -2.51. The van der Waals surface area contributed by atoms with E-state index < -0.39 is 9.84 Å². The van der Waals surface area contributed by atoms with Crippen LogP contribution in [0.15, 0.2) is 0 Å². The quantitative estimate of drug-likeness (QED) is 0.729. The van der Waals surface area contributed by atoms with Gasteiger partial charge in [-0.2, -0.15) is 11.8 Å². The number of nitrogens with zero attached hydrogens (tertiary/aromatic N) is 1. The summed E-state index contributed by atoms with van der Waals surface area (Å²) in [5.74, 6) is 1.75. The van der Waals surface area contributed by atoms with E-state index in [0.717, 1.165) is 31.8 Å². The van der Waals surface area contributed by atoms with Crippen LogP contribution in [0.5, 0.6) is 0 Å². The van der Waals surface area contributed by atoms with Crippen LogP contribution in [0.3, 0.4) is 0 Å². The molecule has 0 aromatic rings. The van der Waals surface area contributed by atoms with E-state index >= 15 is 0 Å². The van der Waals surface area contributed by atoms with Crippen LogP contribution in [0, 0.1) is 0 Å². The number of nitrogens with one attached hydrogen (secondary N) is 1. The predicted molar refractivity (Wildman–Crippen MR) is 75.3 cm³/mol. The number of rotatable bonds is 6. The first-order valence-corrected chi connectivity index (χ1v) is 9.30. The third-order valence-electron chi connectivity index (χ3n) is 3.17. The van der Waals surface area contributed by atoms with Crippen LogP contribution >= 0.6 is 11.8 Å². The van der Waals surface area contributed by atoms with E-state index in [-0.39, 0.29) is 5.37 Å². The Morgan fingerprint density at radius 2 is 2.24 bits per heavy atom. The molecule has 0 bridgehead atoms. The highest BCUT2D eigenvalue weighted by atomic mass is 32.2. The molecule has 1 N–H and O–H groups in total. The standard InChI is InChI=1S/C11H24N2O2S2/c1-4-12-6-5-10(2)13-7-8-16-9-11(13)17(3,14)15/h10-12H,4-9H2,1-3H3. The summed E-state index contributed by atoms with van der Waals surface area (Å²) in [5.41, 5.74) is 0. The maximum atomic E-state index is 11.8. The van der Waals surface area contributed by atoms with Crippen molar-refractivity contribution in [3.8, 4) is 0 Å². The molecule has 0 aromatic carbocycles. The minimum absolute atomic E-state index is 0.294. The summed E-state index contributed by atoms with van der Waals surface area (Å²) in [6, 6.07) is 0.328. The smallest absolute Gasteiger partial charge is 0.164 e. The number of hydrogen-bond acceptors (Lipinski definition) is 5. The Morgan fingerprint density at radius 3 is 2.82 bits per heavy atom. The van der Waals surface area contributed by atoms with E-state index in [1.165, 1.54) is 6.26 Å². The van der Waals surface area contributed by atoms with Crippen LogP contribution in [0.2, 0.25) is 0 Å². The molecule has 4 nitrogen and oxygen atoms in total. The molecule has 1 aliphatic rings. The maximum absolute atomic E-state index is 11.8. The normalized spacial score (nSPS) is 24.8. The van der Waals surface area contributed by atoms with Crippen LogP contribution in [0.25, 0.3) is 0 Å². The van der Waals surface area contributed by atoms with Gasteiger partial charge in [0.1, 0.15) is 5.37 Å². The molecule has 2 unspecified atom stereocenters. The lowest BCUT2D eigenvalue weighted by Gasteiger charge is -2.38. The van der Waals surface area contributed by atoms with E-state index in [4.69, 9.17) is 0 Å². The van der Waals surface area contributed by atoms with E-state index in [1.807, 2.05) is 0 Å². The molecule has 17 heavy (non-hydrogen) atoms. The van der Waals surface area contributed by atoms with Crippen molar-refractivity contribution in [2.24, 2.45) is 0 Å². The predicted octanol–water partition coefficient (Wildman–Crippen LogP) is 0.794. The molecule has 1 rings (SSSR count). The Hall–Kier alpha value is 0.220. The molecule has 0 aromatic heterocycles. The van der Waals surface area contributed by atoms with Crippen molar-refractivity contribution in [3.63, 3.8) is 0 Å². The summed E-state index contributed by atoms with van der Waals surface area (Å²) < 4.78 is 23.5. The van der Waals surface area contributed by atoms with E-state index in [0.29, 0.717) is 11.8 Å². The van der Waals surface area contributed by atoms with Gasteiger partial charge in [-0.3, -0.25) is 4.90 Å². The Kier molecular flexibility index (Phi) is 6.26. The molecule has 6 heteroatoms. The lowest BCUT2D eigenvalue weighted by atomic mass is 10.2. The number of hydrogen-bond donors (Lipinski definition) is 1. The van der Waals surface area contributed by atoms with Gasteiger partial charge in [0.25, 0.3) is 0 Å². The van der Waals surface area contributed by atoms with Gasteiger partial charge in [0.15, 0.2) is 9.84 Å². The first kappa shape index (κ1) is 15.3. The van der Waals surface area contributed by atoms with Crippen molar-refractivity contribution in [2.75, 3.05) is 37.4 Å². The minimum atomic E-state index is -2.97. The van der Waals surface area contributed by atoms with Gasteiger partial charge in [0, 0.05) is 30.3 Å². The third-order valence-corrected chi connectivity index (χ3v) is 5.83. The van der Waals surface area contributed by atoms with Gasteiger partial charge in [-0.1, -0.05) is 6.92 Å². The average Bonchev–Trinajstić information content (AvgIpc) is 2.28. The van der Waals surface area contributed by atoms with Crippen LogP contribution in [0.1, 0.15) is 20.3 Å². The molecule has 0 amide bonds. The zero-order chi connectivity index (χ0) is 12.9. The van der Waals surface area contributed by atoms with Crippen molar-refractivity contribution in [1.82, 2.24) is 10.2 Å². The monoisotopic (exact) mass is 280 g/mol. The fraction of sp³-hybridized carbons (Fsp3) is 1.00. The van der Waals surface area contributed by atoms with Gasteiger partial charge in [0.05, 0.1) is 0 Å². The van der Waals surface area contributed by atoms with E-state index in [1.54, 1.807) is 11.8 Å². The second-order valence-corrected chi connectivity index (χ2v) is 7.94. The maximum Gasteiger partial charge on any atom is 0.164 e. The summed E-state index contributed by atoms with van der Waals surface area (Å²) in [6.07, 6.45) is 2.36. The first-order chi connectivity index (χ1) is 7.96. The van der Waals surface area contributed by atoms with Crippen molar-refractivity contribution >= 4 is 21.6 Å². The van der Waals surface area contributed by atoms with Gasteiger partial charge >= 0.3 is 0 Å². The Bertz CT molecular complexity index is 319. The summed E-state index contributed by atoms with van der Waals surface area (Å²) in [4.78, 5) is 2.16. The highest BCUT2D eigenvalue weighted by Crippen LogP contribution is 2.23. The van der Waals surface area contributed by atoms with Gasteiger partial charge in [-0.25, -0.2) is 8.42 Å². The molecule has 0 spiro atoms. The van der Waals surface area contributed by atoms with Gasteiger partial charge in [0.2, 0.25) is 0 Å². The lowest BCUT2D eigenvalue weighted by molar-refractivity contribution is 0.195. The molecule has 1 aliphatic heterocycles. The van der Waals surface area contributed by atoms with Crippen molar-refractivity contribution in [2.45, 2.75) is 31.7 Å². The largest absolute Gasteiger partial charge is 0.317 e. The van der Waals surface area contributed by atoms with Crippen LogP contribution in [-0.2, 0) is 9.84 Å². The fourth-order valence-electron chi connectivity index (χ4n) is 2.12. The van der Waals surface area contributed by atoms with Gasteiger partial charge < -0.3 is 5.32 Å². The molecule has 0 saturated carbocycles. The summed E-state index contributed by atoms with van der Waals surface area (Å²) >= 11 is 1.74. The SMILES string of the molecule is CCNCCC(C)N1CCSCC1S(C)(=O)=O. The van der Waals surface area contributed by atoms with Crippen LogP contribution in [-0.4, -0.2) is 62.1 Å². The number of thioether (sulfide) groups is 1. The third kappa shape index (κ3) is 4.77. The van der Waals surface area contributed by atoms with E-state index in [9.17, 15) is 8.42 Å². The summed E-state index contributed by atoms with van der Waals surface area (Å²) in [5, 5.41) is 3.00. The van der Waals surface area contributed by atoms with Crippen LogP contribution in [0.4, 0.5) is 0 Å². The number of sulfone groups is 1. The molecule has 1 saturated heterocycles. The fourth-order valence-corrected chi connectivity index (χ4v) is 5.10. The van der Waals surface area contributed by atoms with Crippen LogP contribution < -0.4 is 5.32 Å². The summed E-state index contributed by atoms with van der Waals surface area (Å²) in [7, 11) is -2.97. The minimum Gasteiger partial charge on any atom is -0.317 e. The van der Waals surface area contributed by atoms with Crippen molar-refractivity contribution in [1.29, 1.82) is 0 Å². The summed E-state index contributed by atoms with van der Waals surface area (Å²) in [6.45, 7) is 7.03. The Balaban J connectivity index is 2.58. The zero-order valence-corrected chi connectivity index (χ0v) is 12.6. The highest BCUT2D eigenvalue weighted by molar-refractivity contribution is 8.00. The van der Waals surface area contributed by atoms with Crippen molar-refractivity contribution in [3.05, 3.63) is 0 Å².